The van der Waals surface area contributed by atoms with Gasteiger partial charge < -0.3 is 9.47 Å². The van der Waals surface area contributed by atoms with Gasteiger partial charge in [-0.25, -0.2) is 4.98 Å². The number of benzene rings is 3. The van der Waals surface area contributed by atoms with Crippen LogP contribution in [0.3, 0.4) is 0 Å². The highest BCUT2D eigenvalue weighted by molar-refractivity contribution is 7.13. The molecule has 4 aromatic rings. The number of methoxy groups -OCH3 is 1. The molecule has 0 aliphatic rings. The number of nitrogens with zero attached hydrogens (tertiary/aromatic N) is 1. The van der Waals surface area contributed by atoms with E-state index < -0.39 is 0 Å². The number of rotatable bonds is 5. The van der Waals surface area contributed by atoms with Crippen molar-refractivity contribution < 1.29 is 9.47 Å². The van der Waals surface area contributed by atoms with Crippen LogP contribution in [-0.4, -0.2) is 12.1 Å². The largest absolute Gasteiger partial charge is 0.497 e. The first-order chi connectivity index (χ1) is 13.2. The number of halogens is 1. The molecule has 0 unspecified atom stereocenters. The van der Waals surface area contributed by atoms with Gasteiger partial charge >= 0.3 is 0 Å². The Morgan fingerprint density at radius 3 is 1.93 bits per heavy atom. The molecular formula is C22H16ClNO2S. The molecule has 4 rings (SSSR count). The quantitative estimate of drug-likeness (QED) is 0.368. The molecule has 0 amide bonds. The van der Waals surface area contributed by atoms with Crippen molar-refractivity contribution in [2.45, 2.75) is 0 Å². The Balaban J connectivity index is 1.50. The summed E-state index contributed by atoms with van der Waals surface area (Å²) in [5.74, 6) is 2.36. The zero-order valence-corrected chi connectivity index (χ0v) is 16.1. The van der Waals surface area contributed by atoms with Crippen LogP contribution in [-0.2, 0) is 0 Å². The van der Waals surface area contributed by atoms with Gasteiger partial charge in [-0.1, -0.05) is 11.6 Å². The summed E-state index contributed by atoms with van der Waals surface area (Å²) in [5.41, 5.74) is 3.09. The average Bonchev–Trinajstić information content (AvgIpc) is 3.21. The van der Waals surface area contributed by atoms with E-state index in [-0.39, 0.29) is 0 Å². The number of hydrogen-bond donors (Lipinski definition) is 0. The maximum absolute atomic E-state index is 5.90. The number of thiazole rings is 1. The van der Waals surface area contributed by atoms with E-state index in [9.17, 15) is 0 Å². The molecule has 0 aliphatic carbocycles. The van der Waals surface area contributed by atoms with Crippen molar-refractivity contribution in [1.29, 1.82) is 0 Å². The number of ether oxygens (including phenoxy) is 2. The monoisotopic (exact) mass is 393 g/mol. The molecule has 0 spiro atoms. The molecule has 1 aromatic heterocycles. The zero-order chi connectivity index (χ0) is 18.6. The summed E-state index contributed by atoms with van der Waals surface area (Å²) in [5, 5.41) is 3.72. The lowest BCUT2D eigenvalue weighted by Crippen LogP contribution is -1.85. The van der Waals surface area contributed by atoms with Crippen LogP contribution in [0.1, 0.15) is 0 Å². The summed E-state index contributed by atoms with van der Waals surface area (Å²) in [4.78, 5) is 4.75. The highest BCUT2D eigenvalue weighted by Crippen LogP contribution is 2.31. The summed E-state index contributed by atoms with van der Waals surface area (Å²) in [6.07, 6.45) is 0. The van der Waals surface area contributed by atoms with Gasteiger partial charge in [-0.15, -0.1) is 11.3 Å². The lowest BCUT2D eigenvalue weighted by molar-refractivity contribution is 0.415. The van der Waals surface area contributed by atoms with Crippen LogP contribution in [0.2, 0.25) is 5.02 Å². The Morgan fingerprint density at radius 1 is 0.741 bits per heavy atom. The first-order valence-electron chi connectivity index (χ1n) is 8.35. The average molecular weight is 394 g/mol. The first kappa shape index (κ1) is 17.6. The fourth-order valence-corrected chi connectivity index (χ4v) is 3.57. The van der Waals surface area contributed by atoms with Crippen LogP contribution >= 0.6 is 22.9 Å². The van der Waals surface area contributed by atoms with Crippen LogP contribution in [0.4, 0.5) is 0 Å². The molecule has 5 heteroatoms. The van der Waals surface area contributed by atoms with Gasteiger partial charge in [0.25, 0.3) is 0 Å². The van der Waals surface area contributed by atoms with Gasteiger partial charge in [-0.2, -0.15) is 0 Å². The first-order valence-corrected chi connectivity index (χ1v) is 9.61. The summed E-state index contributed by atoms with van der Waals surface area (Å²) < 4.78 is 11.0. The van der Waals surface area contributed by atoms with Crippen LogP contribution in [0.15, 0.2) is 78.2 Å². The van der Waals surface area contributed by atoms with Crippen molar-refractivity contribution in [1.82, 2.24) is 4.98 Å². The molecule has 0 atom stereocenters. The second kappa shape index (κ2) is 7.82. The van der Waals surface area contributed by atoms with E-state index in [2.05, 4.69) is 5.38 Å². The topological polar surface area (TPSA) is 31.4 Å². The summed E-state index contributed by atoms with van der Waals surface area (Å²) in [6.45, 7) is 0. The second-order valence-electron chi connectivity index (χ2n) is 5.85. The molecule has 27 heavy (non-hydrogen) atoms. The zero-order valence-electron chi connectivity index (χ0n) is 14.6. The Kier molecular flexibility index (Phi) is 5.10. The van der Waals surface area contributed by atoms with Crippen molar-refractivity contribution in [3.05, 3.63) is 83.2 Å². The van der Waals surface area contributed by atoms with Crippen molar-refractivity contribution >= 4 is 22.9 Å². The molecule has 0 aliphatic heterocycles. The maximum Gasteiger partial charge on any atom is 0.127 e. The van der Waals surface area contributed by atoms with Gasteiger partial charge in [-0.3, -0.25) is 0 Å². The Labute approximate surface area is 166 Å². The maximum atomic E-state index is 5.90. The molecule has 1 heterocycles. The third-order valence-electron chi connectivity index (χ3n) is 4.04. The van der Waals surface area contributed by atoms with Crippen LogP contribution in [0.25, 0.3) is 21.8 Å². The molecule has 0 saturated carbocycles. The van der Waals surface area contributed by atoms with E-state index >= 15 is 0 Å². The van der Waals surface area contributed by atoms with Crippen molar-refractivity contribution in [3.63, 3.8) is 0 Å². The summed E-state index contributed by atoms with van der Waals surface area (Å²) in [7, 11) is 1.66. The van der Waals surface area contributed by atoms with Crippen molar-refractivity contribution in [2.24, 2.45) is 0 Å². The third kappa shape index (κ3) is 4.13. The van der Waals surface area contributed by atoms with Crippen molar-refractivity contribution in [3.8, 4) is 39.1 Å². The molecule has 0 radical (unpaired) electrons. The minimum absolute atomic E-state index is 0.689. The van der Waals surface area contributed by atoms with Gasteiger partial charge in [0.1, 0.15) is 22.3 Å². The fourth-order valence-electron chi connectivity index (χ4n) is 2.60. The highest BCUT2D eigenvalue weighted by atomic mass is 35.5. The highest BCUT2D eigenvalue weighted by Gasteiger charge is 2.07. The van der Waals surface area contributed by atoms with E-state index in [4.69, 9.17) is 26.1 Å². The molecule has 0 saturated heterocycles. The van der Waals surface area contributed by atoms with Crippen LogP contribution in [0, 0.1) is 0 Å². The lowest BCUT2D eigenvalue weighted by Gasteiger charge is -2.06. The summed E-state index contributed by atoms with van der Waals surface area (Å²) in [6, 6.07) is 23.1. The van der Waals surface area contributed by atoms with E-state index in [0.717, 1.165) is 39.1 Å². The van der Waals surface area contributed by atoms with Gasteiger partial charge in [0.15, 0.2) is 0 Å². The van der Waals surface area contributed by atoms with E-state index in [0.29, 0.717) is 5.02 Å². The Morgan fingerprint density at radius 2 is 1.30 bits per heavy atom. The molecular weight excluding hydrogens is 378 g/mol. The van der Waals surface area contributed by atoms with Crippen LogP contribution in [0.5, 0.6) is 17.2 Å². The van der Waals surface area contributed by atoms with E-state index in [1.165, 1.54) is 0 Å². The minimum Gasteiger partial charge on any atom is -0.497 e. The molecule has 3 nitrogen and oxygen atoms in total. The third-order valence-corrected chi connectivity index (χ3v) is 5.18. The fraction of sp³-hybridized carbons (Fsp3) is 0.0455. The Hall–Kier alpha value is -2.82. The number of aromatic nitrogens is 1. The van der Waals surface area contributed by atoms with E-state index in [1.807, 2.05) is 72.8 Å². The molecule has 3 aromatic carbocycles. The standard InChI is InChI=1S/C22H16ClNO2S/c1-25-18-8-2-15(3-9-18)21-14-27-22(24-21)16-4-10-19(11-5-16)26-20-12-6-17(23)7-13-20/h2-14H,1H3. The lowest BCUT2D eigenvalue weighted by atomic mass is 10.1. The number of hydrogen-bond acceptors (Lipinski definition) is 4. The smallest absolute Gasteiger partial charge is 0.127 e. The van der Waals surface area contributed by atoms with Gasteiger partial charge in [0.2, 0.25) is 0 Å². The van der Waals surface area contributed by atoms with Crippen molar-refractivity contribution in [2.75, 3.05) is 7.11 Å². The van der Waals surface area contributed by atoms with E-state index in [1.54, 1.807) is 18.4 Å². The molecule has 0 N–H and O–H groups in total. The van der Waals surface area contributed by atoms with Gasteiger partial charge in [0, 0.05) is 21.5 Å². The minimum atomic E-state index is 0.689. The normalized spacial score (nSPS) is 10.6. The Bertz CT molecular complexity index is 1030. The molecule has 134 valence electrons. The predicted molar refractivity (Wildman–Crippen MR) is 111 cm³/mol. The second-order valence-corrected chi connectivity index (χ2v) is 7.14. The predicted octanol–water partition coefficient (Wildman–Crippen LogP) is 6.93. The van der Waals surface area contributed by atoms with Gasteiger partial charge in [-0.05, 0) is 72.8 Å². The molecule has 0 fully saturated rings. The van der Waals surface area contributed by atoms with Gasteiger partial charge in [0.05, 0.1) is 12.8 Å². The SMILES string of the molecule is COc1ccc(-c2csc(-c3ccc(Oc4ccc(Cl)cc4)cc3)n2)cc1. The summed E-state index contributed by atoms with van der Waals surface area (Å²) >= 11 is 7.52. The van der Waals surface area contributed by atoms with Crippen LogP contribution < -0.4 is 9.47 Å². The molecule has 0 bridgehead atoms.